The molecule has 3 heterocycles. The molecule has 4 rings (SSSR count). The smallest absolute Gasteiger partial charge is 0.269 e. The fourth-order valence-electron chi connectivity index (χ4n) is 3.01. The van der Waals surface area contributed by atoms with Crippen LogP contribution in [0.5, 0.6) is 0 Å². The second-order valence-corrected chi connectivity index (χ2v) is 7.05. The van der Waals surface area contributed by atoms with Gasteiger partial charge in [-0.1, -0.05) is 12.1 Å². The van der Waals surface area contributed by atoms with Gasteiger partial charge < -0.3 is 9.73 Å². The van der Waals surface area contributed by atoms with Gasteiger partial charge in [-0.2, -0.15) is 9.78 Å². The number of nitrogens with zero attached hydrogens (tertiary/aromatic N) is 4. The zero-order chi connectivity index (χ0) is 22.8. The van der Waals surface area contributed by atoms with Crippen LogP contribution in [0.4, 0.5) is 11.5 Å². The normalized spacial score (nSPS) is 10.8. The molecule has 4 aromatic rings. The number of non-ortho nitro benzene ring substituents is 1. The van der Waals surface area contributed by atoms with E-state index in [0.29, 0.717) is 28.3 Å². The van der Waals surface area contributed by atoms with Crippen LogP contribution in [0.1, 0.15) is 16.8 Å². The standard InChI is InChI=1S/C21H18N6O5/c1-12-13(2)22-21(24-20(12)29)26-18(11-16(25-26)17-4-3-9-32-17)23-19(28)10-14-5-7-15(8-6-14)27(30)31/h3-9,11H,10H2,1-2H3,(H,23,28)(H,22,24,29). The molecule has 0 radical (unpaired) electrons. The van der Waals surface area contributed by atoms with Crippen LogP contribution >= 0.6 is 0 Å². The SMILES string of the molecule is Cc1nc(-n2nc(-c3ccco3)cc2NC(=O)Cc2ccc([N+](=O)[O-])cc2)[nH]c(=O)c1C. The summed E-state index contributed by atoms with van der Waals surface area (Å²) in [4.78, 5) is 42.2. The highest BCUT2D eigenvalue weighted by Crippen LogP contribution is 2.24. The maximum atomic E-state index is 12.7. The second kappa shape index (κ2) is 8.30. The van der Waals surface area contributed by atoms with E-state index in [4.69, 9.17) is 4.42 Å². The van der Waals surface area contributed by atoms with E-state index >= 15 is 0 Å². The third kappa shape index (κ3) is 4.17. The molecule has 0 bridgehead atoms. The molecule has 0 aliphatic rings. The minimum atomic E-state index is -0.504. The molecule has 0 saturated heterocycles. The van der Waals surface area contributed by atoms with Gasteiger partial charge >= 0.3 is 0 Å². The maximum absolute atomic E-state index is 12.7. The molecular weight excluding hydrogens is 416 g/mol. The number of furan rings is 1. The number of nitro benzene ring substituents is 1. The van der Waals surface area contributed by atoms with E-state index in [2.05, 4.69) is 20.4 Å². The number of anilines is 1. The van der Waals surface area contributed by atoms with E-state index in [9.17, 15) is 19.7 Å². The van der Waals surface area contributed by atoms with Crippen LogP contribution in [-0.4, -0.2) is 30.6 Å². The zero-order valence-electron chi connectivity index (χ0n) is 17.2. The highest BCUT2D eigenvalue weighted by Gasteiger charge is 2.18. The lowest BCUT2D eigenvalue weighted by atomic mass is 10.1. The average molecular weight is 434 g/mol. The Labute approximate surface area is 180 Å². The Morgan fingerprint density at radius 1 is 1.25 bits per heavy atom. The summed E-state index contributed by atoms with van der Waals surface area (Å²) in [6.45, 7) is 3.37. The van der Waals surface area contributed by atoms with E-state index in [1.807, 2.05) is 0 Å². The Bertz CT molecular complexity index is 1350. The monoisotopic (exact) mass is 434 g/mol. The van der Waals surface area contributed by atoms with Crippen LogP contribution in [-0.2, 0) is 11.2 Å². The minimum absolute atomic E-state index is 0.0177. The summed E-state index contributed by atoms with van der Waals surface area (Å²) in [5.74, 6) is 0.509. The van der Waals surface area contributed by atoms with Crippen LogP contribution in [0.2, 0.25) is 0 Å². The molecular formula is C21H18N6O5. The van der Waals surface area contributed by atoms with Crippen molar-refractivity contribution in [1.82, 2.24) is 19.7 Å². The Balaban J connectivity index is 1.65. The number of hydrogen-bond donors (Lipinski definition) is 2. The van der Waals surface area contributed by atoms with Gasteiger partial charge in [0, 0.05) is 29.5 Å². The fourth-order valence-corrected chi connectivity index (χ4v) is 3.01. The number of nitro groups is 1. The molecule has 0 atom stereocenters. The summed E-state index contributed by atoms with van der Waals surface area (Å²) in [6.07, 6.45) is 1.48. The van der Waals surface area contributed by atoms with Gasteiger partial charge in [0.25, 0.3) is 11.2 Å². The largest absolute Gasteiger partial charge is 0.463 e. The summed E-state index contributed by atoms with van der Waals surface area (Å²) in [7, 11) is 0. The highest BCUT2D eigenvalue weighted by atomic mass is 16.6. The lowest BCUT2D eigenvalue weighted by Crippen LogP contribution is -2.21. The van der Waals surface area contributed by atoms with Crippen LogP contribution < -0.4 is 10.9 Å². The number of rotatable bonds is 6. The number of hydrogen-bond acceptors (Lipinski definition) is 7. The molecule has 0 aliphatic carbocycles. The molecule has 2 N–H and O–H groups in total. The van der Waals surface area contributed by atoms with Crippen molar-refractivity contribution in [3.63, 3.8) is 0 Å². The quantitative estimate of drug-likeness (QED) is 0.350. The summed E-state index contributed by atoms with van der Waals surface area (Å²) in [5.41, 5.74) is 1.67. The number of aromatic nitrogens is 4. The van der Waals surface area contributed by atoms with Crippen molar-refractivity contribution in [3.8, 4) is 17.4 Å². The van der Waals surface area contributed by atoms with Crippen molar-refractivity contribution in [3.05, 3.63) is 86.0 Å². The minimum Gasteiger partial charge on any atom is -0.463 e. The number of aromatic amines is 1. The second-order valence-electron chi connectivity index (χ2n) is 7.05. The van der Waals surface area contributed by atoms with Gasteiger partial charge in [0.2, 0.25) is 11.9 Å². The molecule has 11 heteroatoms. The maximum Gasteiger partial charge on any atom is 0.269 e. The van der Waals surface area contributed by atoms with Gasteiger partial charge in [0.1, 0.15) is 11.5 Å². The molecule has 0 aliphatic heterocycles. The van der Waals surface area contributed by atoms with E-state index in [1.165, 1.54) is 35.2 Å². The van der Waals surface area contributed by atoms with E-state index < -0.39 is 4.92 Å². The van der Waals surface area contributed by atoms with E-state index in [-0.39, 0.29) is 35.3 Å². The number of carbonyl (C=O) groups excluding carboxylic acids is 1. The summed E-state index contributed by atoms with van der Waals surface area (Å²) < 4.78 is 6.70. The van der Waals surface area contributed by atoms with Gasteiger partial charge in [-0.15, -0.1) is 0 Å². The van der Waals surface area contributed by atoms with Crippen LogP contribution in [0.15, 0.2) is 57.9 Å². The highest BCUT2D eigenvalue weighted by molar-refractivity contribution is 5.92. The molecule has 3 aromatic heterocycles. The van der Waals surface area contributed by atoms with Crippen LogP contribution in [0.3, 0.4) is 0 Å². The Hall–Kier alpha value is -4.54. The van der Waals surface area contributed by atoms with Gasteiger partial charge in [0.15, 0.2) is 5.76 Å². The summed E-state index contributed by atoms with van der Waals surface area (Å²) in [5, 5.41) is 18.0. The summed E-state index contributed by atoms with van der Waals surface area (Å²) >= 11 is 0. The molecule has 11 nitrogen and oxygen atoms in total. The number of aryl methyl sites for hydroxylation is 1. The Morgan fingerprint density at radius 2 is 2.00 bits per heavy atom. The summed E-state index contributed by atoms with van der Waals surface area (Å²) in [6, 6.07) is 10.7. The topological polar surface area (TPSA) is 149 Å². The molecule has 32 heavy (non-hydrogen) atoms. The van der Waals surface area contributed by atoms with Crippen molar-refractivity contribution in [1.29, 1.82) is 0 Å². The molecule has 162 valence electrons. The number of carbonyl (C=O) groups is 1. The predicted molar refractivity (Wildman–Crippen MR) is 115 cm³/mol. The van der Waals surface area contributed by atoms with Gasteiger partial charge in [0.05, 0.1) is 17.6 Å². The first-order valence-electron chi connectivity index (χ1n) is 9.57. The molecule has 1 aromatic carbocycles. The first-order valence-corrected chi connectivity index (χ1v) is 9.57. The zero-order valence-corrected chi connectivity index (χ0v) is 17.2. The molecule has 0 fully saturated rings. The molecule has 0 unspecified atom stereocenters. The lowest BCUT2D eigenvalue weighted by molar-refractivity contribution is -0.384. The van der Waals surface area contributed by atoms with Crippen molar-refractivity contribution in [2.24, 2.45) is 0 Å². The molecule has 1 amide bonds. The number of nitrogens with one attached hydrogen (secondary N) is 2. The first kappa shape index (κ1) is 20.7. The number of amides is 1. The van der Waals surface area contributed by atoms with Crippen molar-refractivity contribution in [2.45, 2.75) is 20.3 Å². The predicted octanol–water partition coefficient (Wildman–Crippen LogP) is 2.92. The van der Waals surface area contributed by atoms with Gasteiger partial charge in [-0.3, -0.25) is 24.7 Å². The van der Waals surface area contributed by atoms with E-state index in [1.54, 1.807) is 32.0 Å². The Kier molecular flexibility index (Phi) is 5.37. The fraction of sp³-hybridized carbons (Fsp3) is 0.143. The third-order valence-electron chi connectivity index (χ3n) is 4.85. The molecule has 0 saturated carbocycles. The third-order valence-corrected chi connectivity index (χ3v) is 4.85. The molecule has 0 spiro atoms. The van der Waals surface area contributed by atoms with Crippen molar-refractivity contribution in [2.75, 3.05) is 5.32 Å². The van der Waals surface area contributed by atoms with Gasteiger partial charge in [-0.25, -0.2) is 4.98 Å². The van der Waals surface area contributed by atoms with Crippen molar-refractivity contribution >= 4 is 17.4 Å². The van der Waals surface area contributed by atoms with Gasteiger partial charge in [-0.05, 0) is 31.5 Å². The van der Waals surface area contributed by atoms with Crippen LogP contribution in [0.25, 0.3) is 17.4 Å². The number of H-pyrrole nitrogens is 1. The first-order chi connectivity index (χ1) is 15.3. The Morgan fingerprint density at radius 3 is 2.62 bits per heavy atom. The van der Waals surface area contributed by atoms with E-state index in [0.717, 1.165) is 0 Å². The lowest BCUT2D eigenvalue weighted by Gasteiger charge is -2.09. The average Bonchev–Trinajstić information content (AvgIpc) is 3.42. The van der Waals surface area contributed by atoms with Crippen LogP contribution in [0, 0.1) is 24.0 Å². The van der Waals surface area contributed by atoms with Crippen molar-refractivity contribution < 1.29 is 14.1 Å². The number of benzene rings is 1.